The van der Waals surface area contributed by atoms with Gasteiger partial charge in [-0.05, 0) is 48.2 Å². The van der Waals surface area contributed by atoms with Gasteiger partial charge in [0.2, 0.25) is 0 Å². The number of amides is 1. The highest BCUT2D eigenvalue weighted by molar-refractivity contribution is 7.83. The summed E-state index contributed by atoms with van der Waals surface area (Å²) >= 11 is 0. The first-order valence-electron chi connectivity index (χ1n) is 8.99. The molecule has 3 rings (SSSR count). The Bertz CT molecular complexity index is 816. The Morgan fingerprint density at radius 2 is 1.89 bits per heavy atom. The number of ether oxygens (including phenoxy) is 1. The molecule has 0 aromatic heterocycles. The van der Waals surface area contributed by atoms with Crippen LogP contribution in [0.3, 0.4) is 0 Å². The molecule has 1 fully saturated rings. The van der Waals surface area contributed by atoms with Gasteiger partial charge < -0.3 is 10.1 Å². The summed E-state index contributed by atoms with van der Waals surface area (Å²) in [4.78, 5) is 12.7. The smallest absolute Gasteiger partial charge is 0.251 e. The van der Waals surface area contributed by atoms with Crippen molar-refractivity contribution in [3.05, 3.63) is 71.0 Å². The molecule has 144 valence electrons. The highest BCUT2D eigenvalue weighted by Crippen LogP contribution is 2.34. The maximum Gasteiger partial charge on any atom is 0.251 e. The van der Waals surface area contributed by atoms with Crippen molar-refractivity contribution in [3.8, 4) is 0 Å². The maximum absolute atomic E-state index is 13.3. The average Bonchev–Trinajstić information content (AvgIpc) is 2.67. The molecule has 4 nitrogen and oxygen atoms in total. The van der Waals surface area contributed by atoms with Crippen LogP contribution in [0.5, 0.6) is 0 Å². The predicted octanol–water partition coefficient (Wildman–Crippen LogP) is 3.18. The number of nitrogens with one attached hydrogen (secondary N) is 1. The van der Waals surface area contributed by atoms with Crippen LogP contribution in [0.15, 0.2) is 48.5 Å². The highest BCUT2D eigenvalue weighted by atomic mass is 32.2. The van der Waals surface area contributed by atoms with Crippen LogP contribution in [0.25, 0.3) is 0 Å². The third kappa shape index (κ3) is 5.02. The van der Waals surface area contributed by atoms with Crippen molar-refractivity contribution in [1.29, 1.82) is 0 Å². The van der Waals surface area contributed by atoms with E-state index in [-0.39, 0.29) is 17.1 Å². The zero-order valence-corrected chi connectivity index (χ0v) is 16.2. The zero-order valence-electron chi connectivity index (χ0n) is 15.4. The summed E-state index contributed by atoms with van der Waals surface area (Å²) in [7, 11) is -0.956. The van der Waals surface area contributed by atoms with Crippen molar-refractivity contribution in [2.24, 2.45) is 0 Å². The Labute approximate surface area is 161 Å². The van der Waals surface area contributed by atoms with Crippen LogP contribution in [0.2, 0.25) is 0 Å². The quantitative estimate of drug-likeness (QED) is 0.826. The minimum Gasteiger partial charge on any atom is -0.381 e. The zero-order chi connectivity index (χ0) is 19.3. The van der Waals surface area contributed by atoms with Crippen molar-refractivity contribution in [2.75, 3.05) is 26.0 Å². The molecule has 1 aliphatic heterocycles. The largest absolute Gasteiger partial charge is 0.381 e. The molecule has 1 amide bonds. The van der Waals surface area contributed by atoms with E-state index < -0.39 is 10.8 Å². The number of carbonyl (C=O) groups is 1. The topological polar surface area (TPSA) is 55.4 Å². The van der Waals surface area contributed by atoms with E-state index in [2.05, 4.69) is 5.32 Å². The summed E-state index contributed by atoms with van der Waals surface area (Å²) in [5.74, 6) is -0.000309. The third-order valence-corrected chi connectivity index (χ3v) is 5.79. The van der Waals surface area contributed by atoms with Gasteiger partial charge in [0.15, 0.2) is 0 Å². The van der Waals surface area contributed by atoms with Crippen molar-refractivity contribution < 1.29 is 18.1 Å². The standard InChI is InChI=1S/C21H24FNO3S/c1-27(25)14-16-3-2-4-17(13-16)20(24)23-15-21(9-11-26-12-10-21)18-5-7-19(22)8-6-18/h2-8,13H,9-12,14-15H2,1H3,(H,23,24)/t27-/m1/s1. The van der Waals surface area contributed by atoms with Crippen LogP contribution in [-0.2, 0) is 26.7 Å². The summed E-state index contributed by atoms with van der Waals surface area (Å²) in [5.41, 5.74) is 2.19. The number of hydrogen-bond acceptors (Lipinski definition) is 3. The van der Waals surface area contributed by atoms with Gasteiger partial charge in [-0.2, -0.15) is 0 Å². The lowest BCUT2D eigenvalue weighted by atomic mass is 9.74. The molecular weight excluding hydrogens is 365 g/mol. The van der Waals surface area contributed by atoms with E-state index in [0.29, 0.717) is 31.1 Å². The van der Waals surface area contributed by atoms with Crippen molar-refractivity contribution in [1.82, 2.24) is 5.32 Å². The second-order valence-corrected chi connectivity index (χ2v) is 8.44. The van der Waals surface area contributed by atoms with E-state index in [9.17, 15) is 13.4 Å². The van der Waals surface area contributed by atoms with E-state index >= 15 is 0 Å². The van der Waals surface area contributed by atoms with Gasteiger partial charge in [-0.15, -0.1) is 0 Å². The molecule has 6 heteroatoms. The fourth-order valence-electron chi connectivity index (χ4n) is 3.52. The van der Waals surface area contributed by atoms with Gasteiger partial charge in [0.25, 0.3) is 5.91 Å². The van der Waals surface area contributed by atoms with Gasteiger partial charge in [-0.25, -0.2) is 4.39 Å². The summed E-state index contributed by atoms with van der Waals surface area (Å²) in [6.07, 6.45) is 3.19. The molecule has 0 unspecified atom stereocenters. The van der Waals surface area contributed by atoms with Crippen molar-refractivity contribution in [3.63, 3.8) is 0 Å². The molecule has 1 heterocycles. The Morgan fingerprint density at radius 1 is 1.19 bits per heavy atom. The monoisotopic (exact) mass is 389 g/mol. The van der Waals surface area contributed by atoms with E-state index in [1.165, 1.54) is 12.1 Å². The maximum atomic E-state index is 13.3. The van der Waals surface area contributed by atoms with E-state index in [0.717, 1.165) is 24.0 Å². The molecule has 0 spiro atoms. The normalized spacial score (nSPS) is 17.3. The van der Waals surface area contributed by atoms with Gasteiger partial charge in [0.05, 0.1) is 0 Å². The average molecular weight is 389 g/mol. The molecule has 1 saturated heterocycles. The highest BCUT2D eigenvalue weighted by Gasteiger charge is 2.35. The number of hydrogen-bond donors (Lipinski definition) is 1. The lowest BCUT2D eigenvalue weighted by Gasteiger charge is -2.38. The van der Waals surface area contributed by atoms with Gasteiger partial charge in [0, 0.05) is 53.5 Å². The molecule has 1 atom stereocenters. The second-order valence-electron chi connectivity index (χ2n) is 7.00. The molecular formula is C21H24FNO3S. The SMILES string of the molecule is C[S@@](=O)Cc1cccc(C(=O)NCC2(c3ccc(F)cc3)CCOCC2)c1. The number of carbonyl (C=O) groups excluding carboxylic acids is 1. The van der Waals surface area contributed by atoms with Crippen molar-refractivity contribution in [2.45, 2.75) is 24.0 Å². The lowest BCUT2D eigenvalue weighted by molar-refractivity contribution is 0.0487. The number of halogens is 1. The van der Waals surface area contributed by atoms with Crippen LogP contribution >= 0.6 is 0 Å². The Balaban J connectivity index is 1.74. The van der Waals surface area contributed by atoms with Crippen LogP contribution in [-0.4, -0.2) is 36.1 Å². The summed E-state index contributed by atoms with van der Waals surface area (Å²) in [6, 6.07) is 13.7. The van der Waals surface area contributed by atoms with Crippen LogP contribution < -0.4 is 5.32 Å². The van der Waals surface area contributed by atoms with E-state index in [1.807, 2.05) is 6.07 Å². The molecule has 27 heavy (non-hydrogen) atoms. The van der Waals surface area contributed by atoms with Gasteiger partial charge >= 0.3 is 0 Å². The Morgan fingerprint density at radius 3 is 2.56 bits per heavy atom. The van der Waals surface area contributed by atoms with Crippen LogP contribution in [0, 0.1) is 5.82 Å². The fraction of sp³-hybridized carbons (Fsp3) is 0.381. The fourth-order valence-corrected chi connectivity index (χ4v) is 4.17. The van der Waals surface area contributed by atoms with E-state index in [1.54, 1.807) is 36.6 Å². The molecule has 1 N–H and O–H groups in total. The molecule has 0 saturated carbocycles. The minimum atomic E-state index is -0.956. The first-order chi connectivity index (χ1) is 13.0. The molecule has 2 aromatic carbocycles. The third-order valence-electron chi connectivity index (χ3n) is 5.05. The van der Waals surface area contributed by atoms with Gasteiger partial charge in [-0.1, -0.05) is 24.3 Å². The number of rotatable bonds is 6. The van der Waals surface area contributed by atoms with Gasteiger partial charge in [-0.3, -0.25) is 9.00 Å². The molecule has 1 aliphatic rings. The first kappa shape index (κ1) is 19.7. The van der Waals surface area contributed by atoms with E-state index in [4.69, 9.17) is 4.74 Å². The Hall–Kier alpha value is -2.05. The summed E-state index contributed by atoms with van der Waals surface area (Å²) in [6.45, 7) is 1.70. The van der Waals surface area contributed by atoms with Gasteiger partial charge in [0.1, 0.15) is 5.82 Å². The van der Waals surface area contributed by atoms with Crippen molar-refractivity contribution >= 4 is 16.7 Å². The predicted molar refractivity (Wildman–Crippen MR) is 105 cm³/mol. The molecule has 2 aromatic rings. The molecule has 0 aliphatic carbocycles. The number of benzene rings is 2. The minimum absolute atomic E-state index is 0.160. The molecule has 0 radical (unpaired) electrons. The summed E-state index contributed by atoms with van der Waals surface area (Å²) < 4.78 is 30.2. The molecule has 0 bridgehead atoms. The Kier molecular flexibility index (Phi) is 6.39. The van der Waals surface area contributed by atoms with Crippen LogP contribution in [0.4, 0.5) is 4.39 Å². The lowest BCUT2D eigenvalue weighted by Crippen LogP contribution is -2.44. The van der Waals surface area contributed by atoms with Crippen LogP contribution in [0.1, 0.15) is 34.3 Å². The summed E-state index contributed by atoms with van der Waals surface area (Å²) in [5, 5.41) is 3.04. The first-order valence-corrected chi connectivity index (χ1v) is 10.7. The second kappa shape index (κ2) is 8.76.